The van der Waals surface area contributed by atoms with Crippen molar-refractivity contribution in [3.63, 3.8) is 0 Å². The third-order valence-electron chi connectivity index (χ3n) is 1.96. The molecule has 1 rings (SSSR count). The predicted molar refractivity (Wildman–Crippen MR) is 60.4 cm³/mol. The van der Waals surface area contributed by atoms with Crippen LogP contribution >= 0.6 is 22.3 Å². The summed E-state index contributed by atoms with van der Waals surface area (Å²) in [6, 6.07) is 3.45. The van der Waals surface area contributed by atoms with Crippen molar-refractivity contribution < 1.29 is 21.9 Å². The van der Waals surface area contributed by atoms with E-state index in [9.17, 15) is 17.2 Å². The summed E-state index contributed by atoms with van der Waals surface area (Å²) in [5.41, 5.74) is -0.556. The lowest BCUT2D eigenvalue weighted by molar-refractivity contribution is -0.0503. The molecule has 0 radical (unpaired) electrons. The summed E-state index contributed by atoms with van der Waals surface area (Å²) in [6.45, 7) is -3.11. The van der Waals surface area contributed by atoms with E-state index in [0.29, 0.717) is 0 Å². The van der Waals surface area contributed by atoms with Gasteiger partial charge in [-0.25, -0.2) is 8.42 Å². The van der Waals surface area contributed by atoms with Crippen LogP contribution < -0.4 is 4.74 Å². The van der Waals surface area contributed by atoms with Crippen LogP contribution in [0.25, 0.3) is 0 Å². The second kappa shape index (κ2) is 5.69. The first-order chi connectivity index (χ1) is 8.31. The number of alkyl halides is 3. The third-order valence-corrected chi connectivity index (χ3v) is 3.59. The van der Waals surface area contributed by atoms with Crippen molar-refractivity contribution in [2.45, 2.75) is 17.4 Å². The molecule has 1 aromatic carbocycles. The topological polar surface area (TPSA) is 67.2 Å². The zero-order chi connectivity index (χ0) is 13.9. The van der Waals surface area contributed by atoms with Crippen molar-refractivity contribution in [1.82, 2.24) is 0 Å². The first-order valence-electron chi connectivity index (χ1n) is 4.32. The summed E-state index contributed by atoms with van der Waals surface area (Å²) in [7, 11) is 0.943. The quantitative estimate of drug-likeness (QED) is 0.633. The molecule has 0 atom stereocenters. The van der Waals surface area contributed by atoms with Gasteiger partial charge in [-0.15, -0.1) is 11.6 Å². The largest absolute Gasteiger partial charge is 0.434 e. The number of ether oxygens (including phenoxy) is 1. The highest BCUT2D eigenvalue weighted by Gasteiger charge is 2.22. The summed E-state index contributed by atoms with van der Waals surface area (Å²) in [5.74, 6) is -0.730. The van der Waals surface area contributed by atoms with Crippen molar-refractivity contribution in [1.29, 1.82) is 5.26 Å². The van der Waals surface area contributed by atoms with Gasteiger partial charge in [0, 0.05) is 16.2 Å². The Morgan fingerprint density at radius 1 is 1.44 bits per heavy atom. The maximum Gasteiger partial charge on any atom is 0.387 e. The molecule has 9 heteroatoms. The fourth-order valence-electron chi connectivity index (χ4n) is 1.27. The van der Waals surface area contributed by atoms with Gasteiger partial charge in [-0.3, -0.25) is 0 Å². The van der Waals surface area contributed by atoms with Gasteiger partial charge < -0.3 is 4.74 Å². The van der Waals surface area contributed by atoms with Gasteiger partial charge in [0.15, 0.2) is 0 Å². The zero-order valence-electron chi connectivity index (χ0n) is 8.53. The molecule has 1 aromatic rings. The number of benzene rings is 1. The molecule has 0 bridgehead atoms. The molecule has 0 spiro atoms. The molecule has 0 fully saturated rings. The van der Waals surface area contributed by atoms with Crippen LogP contribution in [0.1, 0.15) is 11.1 Å². The Morgan fingerprint density at radius 2 is 2.06 bits per heavy atom. The van der Waals surface area contributed by atoms with Crippen LogP contribution in [0.15, 0.2) is 17.0 Å². The van der Waals surface area contributed by atoms with Gasteiger partial charge in [0.1, 0.15) is 16.7 Å². The Hall–Kier alpha value is -1.10. The molecular weight excluding hydrogens is 311 g/mol. The Morgan fingerprint density at radius 3 is 2.44 bits per heavy atom. The summed E-state index contributed by atoms with van der Waals surface area (Å²) in [5, 5.41) is 8.88. The minimum atomic E-state index is -4.18. The molecule has 4 nitrogen and oxygen atoms in total. The molecule has 0 saturated heterocycles. The molecule has 0 N–H and O–H groups in total. The van der Waals surface area contributed by atoms with Crippen molar-refractivity contribution in [2.75, 3.05) is 0 Å². The highest BCUT2D eigenvalue weighted by molar-refractivity contribution is 8.13. The number of hydrogen-bond acceptors (Lipinski definition) is 4. The molecule has 18 heavy (non-hydrogen) atoms. The highest BCUT2D eigenvalue weighted by atomic mass is 35.7. The van der Waals surface area contributed by atoms with Crippen LogP contribution in [0.2, 0.25) is 0 Å². The minimum Gasteiger partial charge on any atom is -0.434 e. The minimum absolute atomic E-state index is 0.152. The zero-order valence-corrected chi connectivity index (χ0v) is 10.9. The molecule has 0 heterocycles. The van der Waals surface area contributed by atoms with Gasteiger partial charge in [0.05, 0.1) is 11.4 Å². The van der Waals surface area contributed by atoms with E-state index in [4.69, 9.17) is 27.5 Å². The number of nitrogens with zero attached hydrogens (tertiary/aromatic N) is 1. The molecule has 0 aliphatic heterocycles. The first kappa shape index (κ1) is 15.0. The molecular formula is C9H5Cl2F2NO3S. The average Bonchev–Trinajstić information content (AvgIpc) is 2.25. The van der Waals surface area contributed by atoms with E-state index in [0.717, 1.165) is 12.1 Å². The van der Waals surface area contributed by atoms with Crippen molar-refractivity contribution in [3.8, 4) is 11.8 Å². The summed E-state index contributed by atoms with van der Waals surface area (Å²) < 4.78 is 50.8. The summed E-state index contributed by atoms with van der Waals surface area (Å²) in [6.07, 6.45) is 0. The van der Waals surface area contributed by atoms with E-state index in [1.54, 1.807) is 6.07 Å². The van der Waals surface area contributed by atoms with E-state index < -0.39 is 26.1 Å². The SMILES string of the molecule is N#Cc1c(S(=O)(=O)Cl)ccc(OC(F)F)c1CCl. The molecule has 0 saturated carbocycles. The monoisotopic (exact) mass is 315 g/mol. The first-order valence-corrected chi connectivity index (χ1v) is 7.17. The second-order valence-electron chi connectivity index (χ2n) is 2.98. The Labute approximate surface area is 111 Å². The van der Waals surface area contributed by atoms with Crippen LogP contribution in [-0.4, -0.2) is 15.0 Å². The van der Waals surface area contributed by atoms with Crippen molar-refractivity contribution >= 4 is 31.3 Å². The molecule has 0 unspecified atom stereocenters. The molecule has 0 aromatic heterocycles. The van der Waals surface area contributed by atoms with Crippen LogP contribution in [0.3, 0.4) is 0 Å². The smallest absolute Gasteiger partial charge is 0.387 e. The van der Waals surface area contributed by atoms with Gasteiger partial charge in [0.2, 0.25) is 0 Å². The second-order valence-corrected chi connectivity index (χ2v) is 5.78. The lowest BCUT2D eigenvalue weighted by Crippen LogP contribution is -2.07. The average molecular weight is 316 g/mol. The van der Waals surface area contributed by atoms with Crippen molar-refractivity contribution in [2.24, 2.45) is 0 Å². The molecule has 0 aliphatic carbocycles. The Kier molecular flexibility index (Phi) is 4.73. The standard InChI is InChI=1S/C9H5Cl2F2NO3S/c10-3-5-6(4-14)8(18(11,15)16)2-1-7(5)17-9(12)13/h1-2,9H,3H2. The fraction of sp³-hybridized carbons (Fsp3) is 0.222. The summed E-state index contributed by atoms with van der Waals surface area (Å²) in [4.78, 5) is -0.496. The van der Waals surface area contributed by atoms with E-state index in [1.807, 2.05) is 0 Å². The predicted octanol–water partition coefficient (Wildman–Crippen LogP) is 2.83. The number of halogens is 4. The van der Waals surface area contributed by atoms with Crippen LogP contribution in [0.4, 0.5) is 8.78 Å². The molecule has 98 valence electrons. The van der Waals surface area contributed by atoms with Crippen LogP contribution in [0, 0.1) is 11.3 Å². The van der Waals surface area contributed by atoms with Gasteiger partial charge in [-0.05, 0) is 12.1 Å². The maximum atomic E-state index is 12.1. The number of hydrogen-bond donors (Lipinski definition) is 0. The molecule has 0 amide bonds. The van der Waals surface area contributed by atoms with Crippen LogP contribution in [0.5, 0.6) is 5.75 Å². The lowest BCUT2D eigenvalue weighted by Gasteiger charge is -2.11. The normalized spacial score (nSPS) is 11.3. The van der Waals surface area contributed by atoms with Gasteiger partial charge >= 0.3 is 6.61 Å². The Bertz CT molecular complexity index is 599. The highest BCUT2D eigenvalue weighted by Crippen LogP contribution is 2.31. The van der Waals surface area contributed by atoms with E-state index in [-0.39, 0.29) is 17.2 Å². The van der Waals surface area contributed by atoms with E-state index >= 15 is 0 Å². The summed E-state index contributed by atoms with van der Waals surface area (Å²) >= 11 is 5.51. The molecule has 0 aliphatic rings. The van der Waals surface area contributed by atoms with Gasteiger partial charge in [-0.1, -0.05) is 0 Å². The lowest BCUT2D eigenvalue weighted by atomic mass is 10.1. The van der Waals surface area contributed by atoms with Gasteiger partial charge in [0.25, 0.3) is 9.05 Å². The Balaban J connectivity index is 3.53. The van der Waals surface area contributed by atoms with Gasteiger partial charge in [-0.2, -0.15) is 14.0 Å². The van der Waals surface area contributed by atoms with Crippen molar-refractivity contribution in [3.05, 3.63) is 23.3 Å². The van der Waals surface area contributed by atoms with E-state index in [2.05, 4.69) is 4.74 Å². The maximum absolute atomic E-state index is 12.1. The number of nitriles is 1. The number of rotatable bonds is 4. The van der Waals surface area contributed by atoms with Crippen LogP contribution in [-0.2, 0) is 14.9 Å². The third kappa shape index (κ3) is 3.22. The fourth-order valence-corrected chi connectivity index (χ4v) is 2.57. The van der Waals surface area contributed by atoms with E-state index in [1.165, 1.54) is 0 Å².